The second-order valence-electron chi connectivity index (χ2n) is 2.35. The van der Waals surface area contributed by atoms with Crippen LogP contribution in [-0.2, 0) is 0 Å². The molecule has 0 N–H and O–H groups in total. The molecule has 1 aliphatic heterocycles. The molecule has 11 heavy (non-hydrogen) atoms. The second-order valence-corrected chi connectivity index (χ2v) is 4.24. The van der Waals surface area contributed by atoms with Crippen LogP contribution in [0.5, 0.6) is 0 Å². The Bertz CT molecular complexity index is 273. The van der Waals surface area contributed by atoms with Crippen molar-refractivity contribution < 1.29 is 0 Å². The summed E-state index contributed by atoms with van der Waals surface area (Å²) >= 11 is 0. The van der Waals surface area contributed by atoms with E-state index in [0.29, 0.717) is 0 Å². The highest BCUT2D eigenvalue weighted by atomic mass is 32.2. The van der Waals surface area contributed by atoms with E-state index in [1.165, 1.54) is 4.90 Å². The zero-order valence-corrected chi connectivity index (χ0v) is 6.96. The Balaban J connectivity index is 2.30. The maximum Gasteiger partial charge on any atom is -0.00550 e. The molecule has 1 heteroatoms. The summed E-state index contributed by atoms with van der Waals surface area (Å²) in [7, 11) is -0.157. The molecule has 1 radical (unpaired) electrons. The van der Waals surface area contributed by atoms with Gasteiger partial charge in [0, 0.05) is 0 Å². The first kappa shape index (κ1) is 6.74. The van der Waals surface area contributed by atoms with Crippen molar-refractivity contribution in [3.63, 3.8) is 0 Å². The third-order valence-corrected chi connectivity index (χ3v) is 3.39. The number of benzene rings is 1. The fraction of sp³-hybridized carbons (Fsp3) is 0. The Morgan fingerprint density at radius 3 is 2.55 bits per heavy atom. The molecule has 1 aromatic rings. The molecule has 0 fully saturated rings. The van der Waals surface area contributed by atoms with Crippen molar-refractivity contribution in [2.45, 2.75) is 4.90 Å². The van der Waals surface area contributed by atoms with Crippen molar-refractivity contribution in [1.29, 1.82) is 0 Å². The molecule has 0 spiro atoms. The van der Waals surface area contributed by atoms with E-state index in [-0.39, 0.29) is 10.9 Å². The van der Waals surface area contributed by atoms with Crippen molar-refractivity contribution in [2.24, 2.45) is 0 Å². The van der Waals surface area contributed by atoms with Crippen LogP contribution < -0.4 is 0 Å². The minimum atomic E-state index is -0.157. The zero-order chi connectivity index (χ0) is 7.52. The Morgan fingerprint density at radius 1 is 1.09 bits per heavy atom. The van der Waals surface area contributed by atoms with E-state index in [0.717, 1.165) is 0 Å². The molecule has 0 aliphatic carbocycles. The van der Waals surface area contributed by atoms with Crippen LogP contribution in [0.1, 0.15) is 0 Å². The van der Waals surface area contributed by atoms with Gasteiger partial charge in [0.1, 0.15) is 0 Å². The predicted molar refractivity (Wildman–Crippen MR) is 50.6 cm³/mol. The van der Waals surface area contributed by atoms with Gasteiger partial charge in [0.05, 0.1) is 0 Å². The second kappa shape index (κ2) is 2.97. The highest BCUT2D eigenvalue weighted by Crippen LogP contribution is 2.40. The van der Waals surface area contributed by atoms with Crippen molar-refractivity contribution >= 4 is 10.9 Å². The van der Waals surface area contributed by atoms with E-state index in [9.17, 15) is 0 Å². The highest BCUT2D eigenvalue weighted by Gasteiger charge is 2.00. The molecule has 1 aromatic carbocycles. The van der Waals surface area contributed by atoms with E-state index < -0.39 is 0 Å². The van der Waals surface area contributed by atoms with Crippen molar-refractivity contribution in [3.05, 3.63) is 53.3 Å². The SMILES string of the molecule is [C]1=C[SH](c2ccccc2)C=C1. The maximum atomic E-state index is 3.09. The van der Waals surface area contributed by atoms with Crippen LogP contribution >= 0.6 is 10.9 Å². The number of thiol groups is 1. The smallest absolute Gasteiger partial charge is 0.00550 e. The predicted octanol–water partition coefficient (Wildman–Crippen LogP) is 2.89. The molecular formula is C10H9S. The van der Waals surface area contributed by atoms with Crippen molar-refractivity contribution in [3.8, 4) is 0 Å². The van der Waals surface area contributed by atoms with Crippen molar-refractivity contribution in [1.82, 2.24) is 0 Å². The van der Waals surface area contributed by atoms with Gasteiger partial charge in [-0.15, -0.1) is 0 Å². The lowest BCUT2D eigenvalue weighted by molar-refractivity contribution is 1.47. The molecule has 0 aromatic heterocycles. The topological polar surface area (TPSA) is 0 Å². The molecule has 1 atom stereocenters. The number of hydrogen-bond donors (Lipinski definition) is 1. The summed E-state index contributed by atoms with van der Waals surface area (Å²) in [6, 6.07) is 10.5. The first-order chi connectivity index (χ1) is 5.47. The van der Waals surface area contributed by atoms with Crippen LogP contribution in [0.25, 0.3) is 0 Å². The van der Waals surface area contributed by atoms with E-state index in [1.54, 1.807) is 0 Å². The zero-order valence-electron chi connectivity index (χ0n) is 6.07. The quantitative estimate of drug-likeness (QED) is 0.601. The molecule has 1 aliphatic rings. The summed E-state index contributed by atoms with van der Waals surface area (Å²) in [6.45, 7) is 0. The minimum absolute atomic E-state index is 0.157. The van der Waals surface area contributed by atoms with Gasteiger partial charge < -0.3 is 0 Å². The fourth-order valence-electron chi connectivity index (χ4n) is 1.05. The van der Waals surface area contributed by atoms with Gasteiger partial charge in [-0.2, -0.15) is 10.9 Å². The van der Waals surface area contributed by atoms with Crippen LogP contribution in [0, 0.1) is 6.08 Å². The molecule has 55 valence electrons. The molecule has 0 amide bonds. The fourth-order valence-corrected chi connectivity index (χ4v) is 2.47. The van der Waals surface area contributed by atoms with E-state index in [2.05, 4.69) is 41.2 Å². The van der Waals surface area contributed by atoms with Gasteiger partial charge in [0.25, 0.3) is 0 Å². The summed E-state index contributed by atoms with van der Waals surface area (Å²) in [5.74, 6) is 0. The lowest BCUT2D eigenvalue weighted by atomic mass is 10.4. The monoisotopic (exact) mass is 161 g/mol. The van der Waals surface area contributed by atoms with Gasteiger partial charge in [-0.1, -0.05) is 18.2 Å². The first-order valence-corrected chi connectivity index (χ1v) is 5.04. The number of hydrogen-bond acceptors (Lipinski definition) is 0. The van der Waals surface area contributed by atoms with E-state index in [4.69, 9.17) is 0 Å². The van der Waals surface area contributed by atoms with Gasteiger partial charge in [-0.05, 0) is 40.0 Å². The molecule has 0 bridgehead atoms. The first-order valence-electron chi connectivity index (χ1n) is 3.56. The lowest BCUT2D eigenvalue weighted by Crippen LogP contribution is -1.70. The molecular weight excluding hydrogens is 152 g/mol. The average Bonchev–Trinajstić information content (AvgIpc) is 2.58. The van der Waals surface area contributed by atoms with Crippen molar-refractivity contribution in [2.75, 3.05) is 0 Å². The van der Waals surface area contributed by atoms with Crippen LogP contribution in [0.3, 0.4) is 0 Å². The summed E-state index contributed by atoms with van der Waals surface area (Å²) in [4.78, 5) is 1.41. The van der Waals surface area contributed by atoms with E-state index >= 15 is 0 Å². The van der Waals surface area contributed by atoms with Crippen LogP contribution in [0.2, 0.25) is 0 Å². The van der Waals surface area contributed by atoms with Gasteiger partial charge in [0.2, 0.25) is 0 Å². The average molecular weight is 161 g/mol. The molecule has 0 saturated carbocycles. The Morgan fingerprint density at radius 2 is 1.91 bits per heavy atom. The van der Waals surface area contributed by atoms with E-state index in [1.807, 2.05) is 12.1 Å². The Kier molecular flexibility index (Phi) is 1.82. The lowest BCUT2D eigenvalue weighted by Gasteiger charge is -2.08. The minimum Gasteiger partial charge on any atom is -0.185 e. The molecule has 0 nitrogen and oxygen atoms in total. The summed E-state index contributed by atoms with van der Waals surface area (Å²) < 4.78 is 0. The van der Waals surface area contributed by atoms with Crippen LogP contribution in [0.4, 0.5) is 0 Å². The third kappa shape index (κ3) is 1.38. The normalized spacial score (nSPS) is 17.6. The molecule has 2 rings (SSSR count). The van der Waals surface area contributed by atoms with Crippen LogP contribution in [-0.4, -0.2) is 0 Å². The standard InChI is InChI=1S/C10H9S/c1-2-6-10(7-3-1)11-8-4-5-9-11/h1-4,6-9,11H. The Labute approximate surface area is 69.6 Å². The highest BCUT2D eigenvalue weighted by molar-refractivity contribution is 8.22. The Hall–Kier alpha value is -0.950. The van der Waals surface area contributed by atoms with Gasteiger partial charge in [-0.25, -0.2) is 0 Å². The maximum absolute atomic E-state index is 3.09. The summed E-state index contributed by atoms with van der Waals surface area (Å²) in [6.07, 6.45) is 5.09. The number of allylic oxidation sites excluding steroid dienone is 2. The molecule has 1 unspecified atom stereocenters. The van der Waals surface area contributed by atoms with Gasteiger partial charge in [-0.3, -0.25) is 0 Å². The summed E-state index contributed by atoms with van der Waals surface area (Å²) in [5, 5.41) is 4.36. The van der Waals surface area contributed by atoms with Gasteiger partial charge in [0.15, 0.2) is 0 Å². The van der Waals surface area contributed by atoms with Gasteiger partial charge >= 0.3 is 0 Å². The van der Waals surface area contributed by atoms with Crippen LogP contribution in [0.15, 0.2) is 52.1 Å². The number of rotatable bonds is 1. The molecule has 1 heterocycles. The molecule has 0 saturated heterocycles. The third-order valence-electron chi connectivity index (χ3n) is 1.60. The summed E-state index contributed by atoms with van der Waals surface area (Å²) in [5.41, 5.74) is 0. The largest absolute Gasteiger partial charge is 0.185 e.